The van der Waals surface area contributed by atoms with Crippen molar-refractivity contribution in [1.82, 2.24) is 9.97 Å². The van der Waals surface area contributed by atoms with Gasteiger partial charge in [0, 0.05) is 12.4 Å². The highest BCUT2D eigenvalue weighted by atomic mass is 16.5. The first kappa shape index (κ1) is 23.0. The summed E-state index contributed by atoms with van der Waals surface area (Å²) in [5.41, 5.74) is 8.48. The Labute approximate surface area is 201 Å². The van der Waals surface area contributed by atoms with Crippen LogP contribution in [-0.4, -0.2) is 24.2 Å². The molecule has 4 nitrogen and oxygen atoms in total. The van der Waals surface area contributed by atoms with Gasteiger partial charge in [-0.2, -0.15) is 0 Å². The molecule has 34 heavy (non-hydrogen) atoms. The molecule has 0 saturated carbocycles. The molecule has 0 saturated heterocycles. The van der Waals surface area contributed by atoms with Gasteiger partial charge in [-0.3, -0.25) is 9.97 Å². The van der Waals surface area contributed by atoms with Gasteiger partial charge in [0.1, 0.15) is 11.5 Å². The van der Waals surface area contributed by atoms with E-state index in [-0.39, 0.29) is 0 Å². The molecule has 0 spiro atoms. The lowest BCUT2D eigenvalue weighted by Crippen LogP contribution is -1.90. The summed E-state index contributed by atoms with van der Waals surface area (Å²) in [5, 5.41) is 0. The zero-order valence-corrected chi connectivity index (χ0v) is 19.9. The summed E-state index contributed by atoms with van der Waals surface area (Å²) >= 11 is 0. The van der Waals surface area contributed by atoms with Crippen LogP contribution in [0.2, 0.25) is 0 Å². The molecule has 0 aliphatic rings. The first-order valence-corrected chi connectivity index (χ1v) is 11.1. The molecule has 2 heterocycles. The van der Waals surface area contributed by atoms with Crippen molar-refractivity contribution < 1.29 is 9.47 Å². The van der Waals surface area contributed by atoms with E-state index in [4.69, 9.17) is 9.47 Å². The predicted molar refractivity (Wildman–Crippen MR) is 141 cm³/mol. The van der Waals surface area contributed by atoms with Crippen molar-refractivity contribution in [3.05, 3.63) is 107 Å². The van der Waals surface area contributed by atoms with E-state index >= 15 is 0 Å². The van der Waals surface area contributed by atoms with Gasteiger partial charge in [-0.05, 0) is 95.8 Å². The fraction of sp³-hybridized carbons (Fsp3) is 0.133. The molecule has 0 fully saturated rings. The summed E-state index contributed by atoms with van der Waals surface area (Å²) in [6, 6.07) is 24.3. The number of hydrogen-bond donors (Lipinski definition) is 0. The minimum Gasteiger partial charge on any atom is -0.497 e. The zero-order chi connectivity index (χ0) is 23.9. The number of pyridine rings is 2. The van der Waals surface area contributed by atoms with Gasteiger partial charge in [0.15, 0.2) is 0 Å². The fourth-order valence-electron chi connectivity index (χ4n) is 3.73. The molecule has 0 N–H and O–H groups in total. The second kappa shape index (κ2) is 10.6. The van der Waals surface area contributed by atoms with Crippen LogP contribution in [0.3, 0.4) is 0 Å². The number of nitrogens with zero attached hydrogens (tertiary/aromatic N) is 2. The maximum atomic E-state index is 5.26. The number of ether oxygens (including phenoxy) is 2. The van der Waals surface area contributed by atoms with E-state index in [2.05, 4.69) is 72.4 Å². The number of methoxy groups -OCH3 is 2. The Hall–Kier alpha value is -4.18. The Bertz CT molecular complexity index is 1220. The van der Waals surface area contributed by atoms with E-state index in [0.29, 0.717) is 0 Å². The number of allylic oxidation sites excluding steroid dienone is 2. The average Bonchev–Trinajstić information content (AvgIpc) is 2.89. The number of hydrogen-bond acceptors (Lipinski definition) is 4. The van der Waals surface area contributed by atoms with E-state index in [1.54, 1.807) is 14.2 Å². The number of benzene rings is 2. The number of aromatic nitrogens is 2. The van der Waals surface area contributed by atoms with Crippen molar-refractivity contribution in [3.8, 4) is 22.9 Å². The molecule has 0 radical (unpaired) electrons. The van der Waals surface area contributed by atoms with Crippen LogP contribution in [0.1, 0.15) is 36.1 Å². The summed E-state index contributed by atoms with van der Waals surface area (Å²) in [6.07, 6.45) is 7.97. The quantitative estimate of drug-likeness (QED) is 0.298. The minimum atomic E-state index is 0.841. The van der Waals surface area contributed by atoms with Crippen LogP contribution in [0.4, 0.5) is 0 Å². The van der Waals surface area contributed by atoms with E-state index in [1.165, 1.54) is 11.1 Å². The highest BCUT2D eigenvalue weighted by Gasteiger charge is 2.05. The second-order valence-corrected chi connectivity index (χ2v) is 8.06. The van der Waals surface area contributed by atoms with E-state index < -0.39 is 0 Å². The van der Waals surface area contributed by atoms with Crippen LogP contribution in [0.15, 0.2) is 85.2 Å². The molecular weight excluding hydrogens is 420 g/mol. The molecule has 0 amide bonds. The van der Waals surface area contributed by atoms with Gasteiger partial charge in [-0.15, -0.1) is 0 Å². The van der Waals surface area contributed by atoms with Crippen LogP contribution >= 0.6 is 0 Å². The van der Waals surface area contributed by atoms with Crippen LogP contribution < -0.4 is 9.47 Å². The van der Waals surface area contributed by atoms with Crippen molar-refractivity contribution in [2.24, 2.45) is 0 Å². The third-order valence-electron chi connectivity index (χ3n) is 5.69. The summed E-state index contributed by atoms with van der Waals surface area (Å²) in [5.74, 6) is 1.70. The fourth-order valence-corrected chi connectivity index (χ4v) is 3.73. The van der Waals surface area contributed by atoms with Crippen LogP contribution in [-0.2, 0) is 0 Å². The largest absolute Gasteiger partial charge is 0.497 e. The molecule has 0 aliphatic heterocycles. The maximum absolute atomic E-state index is 5.26. The molecule has 4 rings (SSSR count). The number of rotatable bonds is 7. The zero-order valence-electron chi connectivity index (χ0n) is 19.9. The molecule has 2 aromatic heterocycles. The normalized spacial score (nSPS) is 11.9. The minimum absolute atomic E-state index is 0.841. The lowest BCUT2D eigenvalue weighted by Gasteiger charge is -2.07. The van der Waals surface area contributed by atoms with E-state index in [1.807, 2.05) is 48.8 Å². The Balaban J connectivity index is 1.58. The molecule has 0 aliphatic carbocycles. The Kier molecular flexibility index (Phi) is 7.19. The summed E-state index contributed by atoms with van der Waals surface area (Å²) in [4.78, 5) is 9.13. The third kappa shape index (κ3) is 5.59. The lowest BCUT2D eigenvalue weighted by atomic mass is 10.0. The van der Waals surface area contributed by atoms with Crippen LogP contribution in [0.5, 0.6) is 11.5 Å². The second-order valence-electron chi connectivity index (χ2n) is 8.06. The summed E-state index contributed by atoms with van der Waals surface area (Å²) in [7, 11) is 3.35. The van der Waals surface area contributed by atoms with Crippen molar-refractivity contribution in [2.45, 2.75) is 13.8 Å². The Morgan fingerprint density at radius 1 is 0.588 bits per heavy atom. The summed E-state index contributed by atoms with van der Waals surface area (Å²) < 4.78 is 10.5. The Morgan fingerprint density at radius 2 is 0.971 bits per heavy atom. The van der Waals surface area contributed by atoms with Gasteiger partial charge in [0.05, 0.1) is 25.6 Å². The topological polar surface area (TPSA) is 44.2 Å². The van der Waals surface area contributed by atoms with E-state index in [0.717, 1.165) is 45.1 Å². The monoisotopic (exact) mass is 448 g/mol. The van der Waals surface area contributed by atoms with Gasteiger partial charge in [-0.25, -0.2) is 0 Å². The lowest BCUT2D eigenvalue weighted by molar-refractivity contribution is 0.414. The SMILES string of the molecule is COc1ccc(/C(C)=C/c2ccnc(-c3cc(/C=C(\C)c4ccc(OC)cc4)ccn3)c2)cc1. The van der Waals surface area contributed by atoms with Crippen LogP contribution in [0, 0.1) is 0 Å². The molecule has 2 aromatic carbocycles. The first-order chi connectivity index (χ1) is 16.6. The molecule has 0 atom stereocenters. The van der Waals surface area contributed by atoms with E-state index in [9.17, 15) is 0 Å². The van der Waals surface area contributed by atoms with Crippen molar-refractivity contribution >= 4 is 23.3 Å². The van der Waals surface area contributed by atoms with Gasteiger partial charge in [0.25, 0.3) is 0 Å². The van der Waals surface area contributed by atoms with Crippen molar-refractivity contribution in [3.63, 3.8) is 0 Å². The van der Waals surface area contributed by atoms with Crippen molar-refractivity contribution in [2.75, 3.05) is 14.2 Å². The van der Waals surface area contributed by atoms with Crippen LogP contribution in [0.25, 0.3) is 34.7 Å². The van der Waals surface area contributed by atoms with Gasteiger partial charge < -0.3 is 9.47 Å². The molecule has 170 valence electrons. The van der Waals surface area contributed by atoms with Gasteiger partial charge in [0.2, 0.25) is 0 Å². The first-order valence-electron chi connectivity index (χ1n) is 11.1. The van der Waals surface area contributed by atoms with Crippen molar-refractivity contribution in [1.29, 1.82) is 0 Å². The highest BCUT2D eigenvalue weighted by molar-refractivity contribution is 5.82. The molecule has 4 heteroatoms. The summed E-state index contributed by atoms with van der Waals surface area (Å²) in [6.45, 7) is 4.21. The average molecular weight is 449 g/mol. The van der Waals surface area contributed by atoms with Gasteiger partial charge >= 0.3 is 0 Å². The maximum Gasteiger partial charge on any atom is 0.118 e. The Morgan fingerprint density at radius 3 is 1.32 bits per heavy atom. The molecular formula is C30H28N2O2. The smallest absolute Gasteiger partial charge is 0.118 e. The predicted octanol–water partition coefficient (Wildman–Crippen LogP) is 7.28. The third-order valence-corrected chi connectivity index (χ3v) is 5.69. The molecule has 4 aromatic rings. The molecule has 0 unspecified atom stereocenters. The van der Waals surface area contributed by atoms with Gasteiger partial charge in [-0.1, -0.05) is 36.4 Å². The standard InChI is InChI=1S/C30H28N2O2/c1-21(25-5-9-27(33-3)10-6-25)17-23-13-15-31-29(19-23)30-20-24(14-16-32-30)18-22(2)26-7-11-28(34-4)12-8-26/h5-20H,1-4H3/b21-17+,22-18+. The highest BCUT2D eigenvalue weighted by Crippen LogP contribution is 2.25. The molecule has 0 bridgehead atoms.